The molecule has 0 spiro atoms. The molecule has 0 saturated carbocycles. The Balaban J connectivity index is 2.03. The number of hydrogen-bond acceptors (Lipinski definition) is 5. The fourth-order valence-electron chi connectivity index (χ4n) is 2.21. The van der Waals surface area contributed by atoms with E-state index in [4.69, 9.17) is 0 Å². The molecule has 21 heavy (non-hydrogen) atoms. The van der Waals surface area contributed by atoms with E-state index in [1.807, 2.05) is 49.0 Å². The molecule has 1 aromatic carbocycles. The zero-order valence-corrected chi connectivity index (χ0v) is 11.9. The molecule has 1 N–H and O–H groups in total. The fraction of sp³-hybridized carbons (Fsp3) is 0.200. The number of nitrogens with zero attached hydrogens (tertiary/aromatic N) is 5. The van der Waals surface area contributed by atoms with Gasteiger partial charge < -0.3 is 5.32 Å². The van der Waals surface area contributed by atoms with Crippen LogP contribution in [0.1, 0.15) is 23.1 Å². The van der Waals surface area contributed by atoms with Gasteiger partial charge >= 0.3 is 0 Å². The molecule has 1 unspecified atom stereocenters. The summed E-state index contributed by atoms with van der Waals surface area (Å²) in [6.07, 6.45) is 5.28. The Morgan fingerprint density at radius 3 is 2.52 bits per heavy atom. The summed E-state index contributed by atoms with van der Waals surface area (Å²) in [4.78, 5) is 8.75. The minimum Gasteiger partial charge on any atom is -0.307 e. The highest BCUT2D eigenvalue weighted by Gasteiger charge is 2.19. The van der Waals surface area contributed by atoms with Crippen LogP contribution in [0.5, 0.6) is 0 Å². The average Bonchev–Trinajstić information content (AvgIpc) is 3.00. The second-order valence-corrected chi connectivity index (χ2v) is 4.71. The molecule has 0 saturated heterocycles. The zero-order valence-electron chi connectivity index (χ0n) is 11.9. The van der Waals surface area contributed by atoms with Gasteiger partial charge in [0.2, 0.25) is 0 Å². The predicted octanol–water partition coefficient (Wildman–Crippen LogP) is 1.67. The SMILES string of the molecule is CNC(c1cnc(C)cn1)c1cnnn1-c1ccccc1. The lowest BCUT2D eigenvalue weighted by Gasteiger charge is -2.16. The van der Waals surface area contributed by atoms with Crippen LogP contribution in [0.2, 0.25) is 0 Å². The highest BCUT2D eigenvalue weighted by Crippen LogP contribution is 2.21. The van der Waals surface area contributed by atoms with Crippen molar-refractivity contribution in [2.24, 2.45) is 0 Å². The Labute approximate surface area is 122 Å². The van der Waals surface area contributed by atoms with E-state index in [0.29, 0.717) is 0 Å². The molecule has 106 valence electrons. The van der Waals surface area contributed by atoms with Crippen molar-refractivity contribution in [2.75, 3.05) is 7.05 Å². The van der Waals surface area contributed by atoms with Gasteiger partial charge in [0.25, 0.3) is 0 Å². The van der Waals surface area contributed by atoms with E-state index in [2.05, 4.69) is 25.6 Å². The molecule has 0 aliphatic heterocycles. The quantitative estimate of drug-likeness (QED) is 0.787. The lowest BCUT2D eigenvalue weighted by atomic mass is 10.1. The summed E-state index contributed by atoms with van der Waals surface area (Å²) in [7, 11) is 1.88. The lowest BCUT2D eigenvalue weighted by molar-refractivity contribution is 0.616. The summed E-state index contributed by atoms with van der Waals surface area (Å²) in [5, 5.41) is 11.5. The maximum atomic E-state index is 4.45. The third-order valence-corrected chi connectivity index (χ3v) is 3.26. The van der Waals surface area contributed by atoms with Crippen molar-refractivity contribution in [1.29, 1.82) is 0 Å². The van der Waals surface area contributed by atoms with E-state index in [1.54, 1.807) is 18.6 Å². The van der Waals surface area contributed by atoms with Gasteiger partial charge in [-0.1, -0.05) is 23.4 Å². The monoisotopic (exact) mass is 280 g/mol. The van der Waals surface area contributed by atoms with Crippen LogP contribution in [-0.2, 0) is 0 Å². The molecule has 0 aliphatic carbocycles. The van der Waals surface area contributed by atoms with Crippen molar-refractivity contribution < 1.29 is 0 Å². The van der Waals surface area contributed by atoms with Crippen LogP contribution in [0.3, 0.4) is 0 Å². The summed E-state index contributed by atoms with van der Waals surface area (Å²) in [5.41, 5.74) is 3.61. The fourth-order valence-corrected chi connectivity index (χ4v) is 2.21. The maximum Gasteiger partial charge on any atom is 0.0956 e. The zero-order chi connectivity index (χ0) is 14.7. The van der Waals surface area contributed by atoms with Crippen molar-refractivity contribution in [3.8, 4) is 5.69 Å². The molecule has 0 bridgehead atoms. The molecule has 2 aromatic heterocycles. The van der Waals surface area contributed by atoms with E-state index in [-0.39, 0.29) is 6.04 Å². The summed E-state index contributed by atoms with van der Waals surface area (Å²) >= 11 is 0. The van der Waals surface area contributed by atoms with Crippen LogP contribution in [0.25, 0.3) is 5.69 Å². The standard InChI is InChI=1S/C15H16N6/c1-11-8-18-13(9-17-11)15(16-2)14-10-19-20-21(14)12-6-4-3-5-7-12/h3-10,15-16H,1-2H3. The topological polar surface area (TPSA) is 68.5 Å². The predicted molar refractivity (Wildman–Crippen MR) is 79.0 cm³/mol. The largest absolute Gasteiger partial charge is 0.307 e. The lowest BCUT2D eigenvalue weighted by Crippen LogP contribution is -2.22. The molecule has 3 rings (SSSR count). The average molecular weight is 280 g/mol. The van der Waals surface area contributed by atoms with Crippen molar-refractivity contribution in [2.45, 2.75) is 13.0 Å². The first-order chi connectivity index (χ1) is 10.3. The second kappa shape index (κ2) is 5.80. The molecule has 3 aromatic rings. The number of para-hydroxylation sites is 1. The number of aromatic nitrogens is 5. The highest BCUT2D eigenvalue weighted by molar-refractivity contribution is 5.33. The van der Waals surface area contributed by atoms with Crippen LogP contribution in [0, 0.1) is 6.92 Å². The van der Waals surface area contributed by atoms with Gasteiger partial charge in [0.05, 0.1) is 41.2 Å². The summed E-state index contributed by atoms with van der Waals surface area (Å²) < 4.78 is 1.81. The van der Waals surface area contributed by atoms with Crippen LogP contribution in [0.15, 0.2) is 48.9 Å². The van der Waals surface area contributed by atoms with Gasteiger partial charge in [-0.15, -0.1) is 5.10 Å². The van der Waals surface area contributed by atoms with Gasteiger partial charge in [-0.05, 0) is 26.1 Å². The Morgan fingerprint density at radius 2 is 1.86 bits per heavy atom. The summed E-state index contributed by atoms with van der Waals surface area (Å²) in [5.74, 6) is 0. The van der Waals surface area contributed by atoms with Crippen LogP contribution in [0.4, 0.5) is 0 Å². The number of hydrogen-bond donors (Lipinski definition) is 1. The van der Waals surface area contributed by atoms with E-state index in [9.17, 15) is 0 Å². The third-order valence-electron chi connectivity index (χ3n) is 3.26. The summed E-state index contributed by atoms with van der Waals surface area (Å²) in [6, 6.07) is 9.79. The van der Waals surface area contributed by atoms with Gasteiger partial charge in [0.1, 0.15) is 0 Å². The van der Waals surface area contributed by atoms with E-state index < -0.39 is 0 Å². The Bertz CT molecular complexity index is 705. The Morgan fingerprint density at radius 1 is 1.05 bits per heavy atom. The van der Waals surface area contributed by atoms with Crippen LogP contribution < -0.4 is 5.32 Å². The molecule has 0 radical (unpaired) electrons. The van der Waals surface area contributed by atoms with Crippen molar-refractivity contribution >= 4 is 0 Å². The van der Waals surface area contributed by atoms with Gasteiger partial charge in [-0.25, -0.2) is 4.68 Å². The maximum absolute atomic E-state index is 4.45. The number of aryl methyl sites for hydroxylation is 1. The van der Waals surface area contributed by atoms with Gasteiger partial charge in [-0.2, -0.15) is 0 Å². The van der Waals surface area contributed by atoms with Crippen LogP contribution in [-0.4, -0.2) is 32.0 Å². The molecular weight excluding hydrogens is 264 g/mol. The Hall–Kier alpha value is -2.60. The molecule has 0 aliphatic rings. The molecule has 1 atom stereocenters. The molecule has 2 heterocycles. The summed E-state index contributed by atoms with van der Waals surface area (Å²) in [6.45, 7) is 1.92. The number of nitrogens with one attached hydrogen (secondary N) is 1. The van der Waals surface area contributed by atoms with Gasteiger partial charge in [0, 0.05) is 6.20 Å². The first-order valence-corrected chi connectivity index (χ1v) is 6.71. The minimum absolute atomic E-state index is 0.117. The van der Waals surface area contributed by atoms with Crippen LogP contribution >= 0.6 is 0 Å². The molecule has 6 nitrogen and oxygen atoms in total. The molecular formula is C15H16N6. The molecule has 6 heteroatoms. The Kier molecular flexibility index (Phi) is 3.70. The number of rotatable bonds is 4. The van der Waals surface area contributed by atoms with Gasteiger partial charge in [0.15, 0.2) is 0 Å². The minimum atomic E-state index is -0.117. The molecule has 0 amide bonds. The van der Waals surface area contributed by atoms with Crippen molar-refractivity contribution in [3.63, 3.8) is 0 Å². The smallest absolute Gasteiger partial charge is 0.0956 e. The second-order valence-electron chi connectivity index (χ2n) is 4.71. The van der Waals surface area contributed by atoms with Gasteiger partial charge in [-0.3, -0.25) is 9.97 Å². The normalized spacial score (nSPS) is 12.3. The van der Waals surface area contributed by atoms with E-state index >= 15 is 0 Å². The molecule has 0 fully saturated rings. The van der Waals surface area contributed by atoms with E-state index in [1.165, 1.54) is 0 Å². The third kappa shape index (κ3) is 2.66. The van der Waals surface area contributed by atoms with Crippen molar-refractivity contribution in [3.05, 3.63) is 66.0 Å². The van der Waals surface area contributed by atoms with Crippen molar-refractivity contribution in [1.82, 2.24) is 30.3 Å². The first-order valence-electron chi connectivity index (χ1n) is 6.71. The number of benzene rings is 1. The highest BCUT2D eigenvalue weighted by atomic mass is 15.4. The van der Waals surface area contributed by atoms with E-state index in [0.717, 1.165) is 22.8 Å². The first kappa shape index (κ1) is 13.4.